The number of carbonyl (C=O) groups excluding carboxylic acids is 8. The van der Waals surface area contributed by atoms with Crippen molar-refractivity contribution in [2.75, 3.05) is 19.6 Å². The molecule has 3 aliphatic rings. The summed E-state index contributed by atoms with van der Waals surface area (Å²) < 4.78 is 15.1. The molecule has 0 bridgehead atoms. The second-order valence-electron chi connectivity index (χ2n) is 21.6. The third kappa shape index (κ3) is 16.9. The van der Waals surface area contributed by atoms with Crippen molar-refractivity contribution in [3.05, 3.63) is 114 Å². The smallest absolute Gasteiger partial charge is 0.261 e. The van der Waals surface area contributed by atoms with Crippen LogP contribution in [0.5, 0.6) is 17.2 Å². The number of aliphatic hydroxyl groups is 6. The molecular weight excluding hydrogens is 1210 g/mol. The Bertz CT molecular complexity index is 3330. The maximum absolute atomic E-state index is 14.7. The number of carbonyl (C=O) groups is 8. The molecule has 0 aliphatic carbocycles. The van der Waals surface area contributed by atoms with E-state index in [1.807, 2.05) is 54.6 Å². The van der Waals surface area contributed by atoms with Crippen LogP contribution in [0, 0.1) is 5.92 Å². The molecule has 13 atom stereocenters. The van der Waals surface area contributed by atoms with Crippen LogP contribution in [0.25, 0.3) is 21.1 Å². The zero-order valence-corrected chi connectivity index (χ0v) is 49.2. The number of primary amides is 1. The average molecular weight is 1280 g/mol. The van der Waals surface area contributed by atoms with Crippen molar-refractivity contribution in [3.63, 3.8) is 0 Å². The van der Waals surface area contributed by atoms with Gasteiger partial charge in [0.15, 0.2) is 11.5 Å². The van der Waals surface area contributed by atoms with Gasteiger partial charge in [-0.05, 0) is 54.4 Å². The molecule has 1 aromatic heterocycles. The SMILES string of the molecule is CC(O)C1NC(=O)C(NC(=O)c2ccc(-c3nnc(-c4ccc(COc5ccccc5)cc4)s3)cc2)CC(O)CNC(=O)C2C(O)C(C)CN2C(=O)C(C(O)CC(N)=O)NC(=O)C(C(O)Cc2ccc(O)c(OSOOO)c2)NC(=O)C2CC(O)CN2C1=O. The summed E-state index contributed by atoms with van der Waals surface area (Å²) in [5, 5.41) is 112. The van der Waals surface area contributed by atoms with E-state index in [0.717, 1.165) is 45.7 Å². The third-order valence-corrected chi connectivity index (χ3v) is 16.4. The molecule has 13 unspecified atom stereocenters. The third-order valence-electron chi connectivity index (χ3n) is 15.0. The van der Waals surface area contributed by atoms with E-state index < -0.39 is 177 Å². The van der Waals surface area contributed by atoms with Gasteiger partial charge < -0.3 is 86.8 Å². The minimum absolute atomic E-state index is 0.00151. The number of phenolic OH excluding ortho intramolecular Hbond substituents is 1. The van der Waals surface area contributed by atoms with E-state index in [1.54, 1.807) is 12.1 Å². The Labute approximate surface area is 515 Å². The Morgan fingerprint density at radius 1 is 0.753 bits per heavy atom. The van der Waals surface area contributed by atoms with Crippen LogP contribution in [0.1, 0.15) is 54.6 Å². The number of nitrogens with one attached hydrogen (secondary N) is 5. The first-order chi connectivity index (χ1) is 42.5. The van der Waals surface area contributed by atoms with Gasteiger partial charge in [-0.2, -0.15) is 0 Å². The fourth-order valence-corrected chi connectivity index (χ4v) is 11.4. The summed E-state index contributed by atoms with van der Waals surface area (Å²) in [6.45, 7) is 1.20. The number of ether oxygens (including phenoxy) is 1. The molecule has 5 aromatic rings. The molecule has 0 spiro atoms. The first kappa shape index (κ1) is 66.5. The summed E-state index contributed by atoms with van der Waals surface area (Å²) in [5.74, 6) is -10.4. The lowest BCUT2D eigenvalue weighted by molar-refractivity contribution is -0.433. The van der Waals surface area contributed by atoms with E-state index >= 15 is 0 Å². The van der Waals surface area contributed by atoms with Gasteiger partial charge in [-0.1, -0.05) is 88.3 Å². The zero-order valence-electron chi connectivity index (χ0n) is 47.6. The minimum atomic E-state index is -2.22. The number of aliphatic hydroxyl groups excluding tert-OH is 6. The lowest BCUT2D eigenvalue weighted by Gasteiger charge is -2.33. The van der Waals surface area contributed by atoms with Crippen LogP contribution in [-0.4, -0.2) is 201 Å². The lowest BCUT2D eigenvalue weighted by atomic mass is 9.98. The molecule has 476 valence electrons. The Morgan fingerprint density at radius 2 is 1.38 bits per heavy atom. The zero-order chi connectivity index (χ0) is 64.2. The molecule has 4 aromatic carbocycles. The fourth-order valence-electron chi connectivity index (χ4n) is 10.3. The van der Waals surface area contributed by atoms with E-state index in [9.17, 15) is 74.1 Å². The largest absolute Gasteiger partial charge is 0.504 e. The van der Waals surface area contributed by atoms with Crippen LogP contribution in [0.4, 0.5) is 0 Å². The molecule has 0 saturated carbocycles. The highest BCUT2D eigenvalue weighted by molar-refractivity contribution is 7.90. The number of phenols is 1. The van der Waals surface area contributed by atoms with Crippen LogP contribution in [0.3, 0.4) is 0 Å². The van der Waals surface area contributed by atoms with Crippen LogP contribution < -0.4 is 41.2 Å². The number of β-amino-alcohol motifs (C(OH)–C–C–N with tert-alkyl or cyclic N) is 1. The lowest BCUT2D eigenvalue weighted by Crippen LogP contribution is -2.64. The highest BCUT2D eigenvalue weighted by atomic mass is 32.2. The maximum atomic E-state index is 14.7. The van der Waals surface area contributed by atoms with Crippen molar-refractivity contribution < 1.29 is 97.7 Å². The number of benzene rings is 4. The van der Waals surface area contributed by atoms with Gasteiger partial charge in [0.1, 0.15) is 58.6 Å². The molecule has 32 heteroatoms. The van der Waals surface area contributed by atoms with Gasteiger partial charge in [-0.15, -0.1) is 10.2 Å². The second kappa shape index (κ2) is 30.2. The number of para-hydroxylation sites is 1. The summed E-state index contributed by atoms with van der Waals surface area (Å²) in [6, 6.07) is 14.8. The van der Waals surface area contributed by atoms with Crippen LogP contribution >= 0.6 is 23.7 Å². The van der Waals surface area contributed by atoms with Crippen molar-refractivity contribution in [2.45, 2.75) is 119 Å². The molecule has 89 heavy (non-hydrogen) atoms. The number of nitrogens with zero attached hydrogens (tertiary/aromatic N) is 4. The molecule has 8 rings (SSSR count). The van der Waals surface area contributed by atoms with E-state index in [1.165, 1.54) is 36.5 Å². The number of rotatable bonds is 18. The molecule has 3 fully saturated rings. The minimum Gasteiger partial charge on any atom is -0.504 e. The molecule has 30 nitrogen and oxygen atoms in total. The topological polar surface area (TPSA) is 454 Å². The van der Waals surface area contributed by atoms with Gasteiger partial charge in [0.2, 0.25) is 41.4 Å². The van der Waals surface area contributed by atoms with Gasteiger partial charge in [0.25, 0.3) is 18.2 Å². The standard InChI is InChI=1S/C57H66N10O20S2/c1-27-24-67-47(48(27)75)53(80)59-23-34(69)20-37(60-49(76)31-13-15-33(16-14-31)55-65-64-54(88-55)32-11-8-29(9-12-32)26-84-36-6-4-3-5-7-36)50(77)61-44(28(2)68)56(81)66-25-35(70)21-38(66)51(78)62-45(52(79)63-46(57(67)82)41(73)22-43(58)74)40(72)18-30-10-17-39(71)42(19-30)85-89-87-86-83/h3-17,19,27-28,34-35,37-38,40-41,44-48,68-73,75,83H,18,20-26H2,1-2H3,(H2,58,74)(H,59,80)(H,60,76)(H,61,77)(H,62,78)(H,63,79). The van der Waals surface area contributed by atoms with Crippen LogP contribution in [0.15, 0.2) is 97.1 Å². The monoisotopic (exact) mass is 1270 g/mol. The van der Waals surface area contributed by atoms with E-state index in [4.69, 9.17) is 19.9 Å². The van der Waals surface area contributed by atoms with Gasteiger partial charge in [0.05, 0.1) is 43.0 Å². The summed E-state index contributed by atoms with van der Waals surface area (Å²) >= 11 is 1.34. The fraction of sp³-hybridized carbons (Fsp3) is 0.404. The highest BCUT2D eigenvalue weighted by Crippen LogP contribution is 2.33. The van der Waals surface area contributed by atoms with Gasteiger partial charge in [-0.25, -0.2) is 5.26 Å². The number of aromatic hydroxyl groups is 1. The predicted molar refractivity (Wildman–Crippen MR) is 311 cm³/mol. The van der Waals surface area contributed by atoms with Crippen LogP contribution in [-0.2, 0) is 56.0 Å². The first-order valence-electron chi connectivity index (χ1n) is 27.8. The van der Waals surface area contributed by atoms with Gasteiger partial charge >= 0.3 is 0 Å². The first-order valence-corrected chi connectivity index (χ1v) is 29.3. The second-order valence-corrected chi connectivity index (χ2v) is 23.0. The Kier molecular flexibility index (Phi) is 22.6. The quantitative estimate of drug-likeness (QED) is 0.0202. The van der Waals surface area contributed by atoms with Crippen molar-refractivity contribution in [2.24, 2.45) is 11.7 Å². The van der Waals surface area contributed by atoms with Crippen LogP contribution in [0.2, 0.25) is 0 Å². The summed E-state index contributed by atoms with van der Waals surface area (Å²) in [4.78, 5) is 115. The number of hydrogen-bond donors (Lipinski definition) is 14. The van der Waals surface area contributed by atoms with E-state index in [-0.39, 0.29) is 29.2 Å². The normalized spacial score (nSPS) is 25.0. The average Bonchev–Trinajstić information content (AvgIpc) is 2.57. The molecule has 4 heterocycles. The van der Waals surface area contributed by atoms with Crippen molar-refractivity contribution in [3.8, 4) is 38.4 Å². The molecule has 3 saturated heterocycles. The Hall–Kier alpha value is -8.41. The van der Waals surface area contributed by atoms with Crippen molar-refractivity contribution in [1.29, 1.82) is 0 Å². The predicted octanol–water partition coefficient (Wildman–Crippen LogP) is -1.66. The van der Waals surface area contributed by atoms with Gasteiger partial charge in [-0.3, -0.25) is 38.4 Å². The number of amides is 8. The van der Waals surface area contributed by atoms with Gasteiger partial charge in [0, 0.05) is 61.5 Å². The number of nitrogens with two attached hydrogens (primary N) is 1. The van der Waals surface area contributed by atoms with E-state index in [2.05, 4.69) is 46.2 Å². The number of hydrogen-bond acceptors (Lipinski definition) is 24. The molecule has 3 aliphatic heterocycles. The molecule has 15 N–H and O–H groups in total. The number of fused-ring (bicyclic) bond motifs is 2. The Morgan fingerprint density at radius 3 is 2.03 bits per heavy atom. The van der Waals surface area contributed by atoms with Crippen molar-refractivity contribution in [1.82, 2.24) is 46.6 Å². The summed E-state index contributed by atoms with van der Waals surface area (Å²) in [7, 11) is 0. The summed E-state index contributed by atoms with van der Waals surface area (Å²) in [6.07, 6.45) is -13.6. The summed E-state index contributed by atoms with van der Waals surface area (Å²) in [5.41, 5.74) is 7.79. The molecule has 0 radical (unpaired) electrons. The highest BCUT2D eigenvalue weighted by Gasteiger charge is 2.50. The molecular formula is C57H66N10O20S2. The van der Waals surface area contributed by atoms with E-state index in [0.29, 0.717) is 22.2 Å². The number of aromatic nitrogens is 2. The Balaban J connectivity index is 1.07. The molecule has 8 amide bonds. The maximum Gasteiger partial charge on any atom is 0.261 e. The van der Waals surface area contributed by atoms with Crippen molar-refractivity contribution >= 4 is 70.9 Å².